The molecule has 1 unspecified atom stereocenters. The van der Waals surface area contributed by atoms with Crippen molar-refractivity contribution in [3.8, 4) is 0 Å². The Bertz CT molecular complexity index is 321. The first-order chi connectivity index (χ1) is 6.79. The van der Waals surface area contributed by atoms with Gasteiger partial charge in [0.05, 0.1) is 11.9 Å². The van der Waals surface area contributed by atoms with Gasteiger partial charge < -0.3 is 4.90 Å². The Morgan fingerprint density at radius 2 is 2.43 bits per heavy atom. The predicted octanol–water partition coefficient (Wildman–Crippen LogP) is 2.22. The van der Waals surface area contributed by atoms with Gasteiger partial charge in [-0.2, -0.15) is 0 Å². The van der Waals surface area contributed by atoms with E-state index in [2.05, 4.69) is 22.9 Å². The third-order valence-electron chi connectivity index (χ3n) is 2.79. The van der Waals surface area contributed by atoms with Gasteiger partial charge in [0.15, 0.2) is 0 Å². The molecule has 1 N–H and O–H groups in total. The van der Waals surface area contributed by atoms with Gasteiger partial charge in [-0.05, 0) is 25.0 Å². The molecule has 3 heteroatoms. The van der Waals surface area contributed by atoms with Crippen molar-refractivity contribution in [2.24, 2.45) is 0 Å². The molecule has 0 aliphatic carbocycles. The van der Waals surface area contributed by atoms with E-state index < -0.39 is 0 Å². The average Bonchev–Trinajstić information content (AvgIpc) is 2.65. The lowest BCUT2D eigenvalue weighted by atomic mass is 10.1. The molecule has 1 aliphatic heterocycles. The molecule has 0 saturated carbocycles. The van der Waals surface area contributed by atoms with Gasteiger partial charge >= 0.3 is 0 Å². The molecule has 2 heterocycles. The highest BCUT2D eigenvalue weighted by molar-refractivity contribution is 5.81. The molecule has 0 bridgehead atoms. The lowest BCUT2D eigenvalue weighted by molar-refractivity contribution is 0.361. The Kier molecular flexibility index (Phi) is 2.48. The van der Waals surface area contributed by atoms with Gasteiger partial charge in [-0.1, -0.05) is 6.07 Å². The number of amidine groups is 1. The van der Waals surface area contributed by atoms with Gasteiger partial charge in [0.2, 0.25) is 0 Å². The van der Waals surface area contributed by atoms with Crippen LogP contribution in [0.15, 0.2) is 24.5 Å². The number of hydrogen-bond acceptors (Lipinski definition) is 2. The molecule has 0 aromatic carbocycles. The topological polar surface area (TPSA) is 40.0 Å². The molecule has 0 amide bonds. The Morgan fingerprint density at radius 1 is 1.57 bits per heavy atom. The summed E-state index contributed by atoms with van der Waals surface area (Å²) >= 11 is 0. The second kappa shape index (κ2) is 3.78. The predicted molar refractivity (Wildman–Crippen MR) is 56.3 cm³/mol. The third kappa shape index (κ3) is 1.62. The van der Waals surface area contributed by atoms with Gasteiger partial charge in [-0.25, -0.2) is 0 Å². The normalized spacial score (nSPS) is 18.6. The third-order valence-corrected chi connectivity index (χ3v) is 2.79. The molecule has 3 nitrogen and oxygen atoms in total. The number of nitrogens with zero attached hydrogens (tertiary/aromatic N) is 2. The quantitative estimate of drug-likeness (QED) is 0.774. The van der Waals surface area contributed by atoms with Crippen LogP contribution in [-0.2, 0) is 0 Å². The minimum absolute atomic E-state index is 0.290. The van der Waals surface area contributed by atoms with E-state index in [4.69, 9.17) is 5.41 Å². The summed E-state index contributed by atoms with van der Waals surface area (Å²) in [7, 11) is 0. The highest BCUT2D eigenvalue weighted by Crippen LogP contribution is 2.24. The molecule has 1 saturated heterocycles. The van der Waals surface area contributed by atoms with E-state index in [0.29, 0.717) is 6.04 Å². The Hall–Kier alpha value is -1.38. The highest BCUT2D eigenvalue weighted by Gasteiger charge is 2.22. The maximum atomic E-state index is 7.79. The van der Waals surface area contributed by atoms with Gasteiger partial charge in [0, 0.05) is 25.4 Å². The summed E-state index contributed by atoms with van der Waals surface area (Å²) in [5.74, 6) is 0.765. The molecule has 14 heavy (non-hydrogen) atoms. The fourth-order valence-electron chi connectivity index (χ4n) is 1.93. The molecule has 1 aliphatic rings. The van der Waals surface area contributed by atoms with Crippen LogP contribution in [0.1, 0.15) is 31.4 Å². The van der Waals surface area contributed by atoms with Crippen LogP contribution in [0.2, 0.25) is 0 Å². The largest absolute Gasteiger partial charge is 0.354 e. The van der Waals surface area contributed by atoms with E-state index in [-0.39, 0.29) is 0 Å². The maximum Gasteiger partial charge on any atom is 0.0963 e. The Morgan fingerprint density at radius 3 is 3.00 bits per heavy atom. The minimum Gasteiger partial charge on any atom is -0.354 e. The van der Waals surface area contributed by atoms with E-state index in [9.17, 15) is 0 Å². The van der Waals surface area contributed by atoms with Crippen molar-refractivity contribution in [1.82, 2.24) is 9.88 Å². The molecular weight excluding hydrogens is 174 g/mol. The first kappa shape index (κ1) is 9.19. The van der Waals surface area contributed by atoms with Crippen LogP contribution in [0.5, 0.6) is 0 Å². The summed E-state index contributed by atoms with van der Waals surface area (Å²) < 4.78 is 0. The maximum absolute atomic E-state index is 7.79. The smallest absolute Gasteiger partial charge is 0.0963 e. The fraction of sp³-hybridized carbons (Fsp3) is 0.455. The lowest BCUT2D eigenvalue weighted by Gasteiger charge is -2.26. The van der Waals surface area contributed by atoms with E-state index in [0.717, 1.165) is 25.2 Å². The van der Waals surface area contributed by atoms with Crippen LogP contribution in [0.3, 0.4) is 0 Å². The van der Waals surface area contributed by atoms with Gasteiger partial charge in [-0.15, -0.1) is 0 Å². The second-order valence-electron chi connectivity index (χ2n) is 3.71. The molecule has 0 radical (unpaired) electrons. The van der Waals surface area contributed by atoms with Gasteiger partial charge in [-0.3, -0.25) is 10.4 Å². The zero-order chi connectivity index (χ0) is 9.97. The number of rotatable bonds is 2. The van der Waals surface area contributed by atoms with Crippen molar-refractivity contribution in [2.45, 2.75) is 25.8 Å². The number of pyridine rings is 1. The molecule has 0 spiro atoms. The van der Waals surface area contributed by atoms with E-state index >= 15 is 0 Å². The Balaban J connectivity index is 2.16. The molecule has 1 aromatic rings. The Labute approximate surface area is 84.3 Å². The summed E-state index contributed by atoms with van der Waals surface area (Å²) in [6.45, 7) is 3.14. The van der Waals surface area contributed by atoms with Crippen molar-refractivity contribution in [3.63, 3.8) is 0 Å². The van der Waals surface area contributed by atoms with Crippen LogP contribution in [0.25, 0.3) is 0 Å². The number of likely N-dealkylation sites (tertiary alicyclic amines) is 1. The average molecular weight is 189 g/mol. The van der Waals surface area contributed by atoms with Crippen molar-refractivity contribution in [1.29, 1.82) is 5.41 Å². The van der Waals surface area contributed by atoms with Crippen LogP contribution < -0.4 is 0 Å². The minimum atomic E-state index is 0.290. The monoisotopic (exact) mass is 189 g/mol. The molecule has 74 valence electrons. The summed E-state index contributed by atoms with van der Waals surface area (Å²) in [5, 5.41) is 7.79. The van der Waals surface area contributed by atoms with Gasteiger partial charge in [0.25, 0.3) is 0 Å². The zero-order valence-electron chi connectivity index (χ0n) is 8.40. The van der Waals surface area contributed by atoms with Crippen molar-refractivity contribution >= 4 is 5.84 Å². The summed E-state index contributed by atoms with van der Waals surface area (Å²) in [6, 6.07) is 4.31. The first-order valence-electron chi connectivity index (χ1n) is 5.03. The molecular formula is C11H15N3. The SMILES string of the molecule is CC(c1cccnc1)N1CCCC1=N. The summed E-state index contributed by atoms with van der Waals surface area (Å²) in [6.07, 6.45) is 5.70. The van der Waals surface area contributed by atoms with Gasteiger partial charge in [0.1, 0.15) is 0 Å². The van der Waals surface area contributed by atoms with Crippen molar-refractivity contribution in [3.05, 3.63) is 30.1 Å². The van der Waals surface area contributed by atoms with Crippen LogP contribution in [0.4, 0.5) is 0 Å². The standard InChI is InChI=1S/C11H15N3/c1-9(10-4-2-6-13-8-10)14-7-3-5-11(14)12/h2,4,6,8-9,12H,3,5,7H2,1H3. The number of nitrogens with one attached hydrogen (secondary N) is 1. The number of hydrogen-bond donors (Lipinski definition) is 1. The fourth-order valence-corrected chi connectivity index (χ4v) is 1.93. The summed E-state index contributed by atoms with van der Waals surface area (Å²) in [4.78, 5) is 6.25. The van der Waals surface area contributed by atoms with E-state index in [1.54, 1.807) is 6.20 Å². The first-order valence-corrected chi connectivity index (χ1v) is 5.03. The van der Waals surface area contributed by atoms with Crippen LogP contribution in [0, 0.1) is 5.41 Å². The highest BCUT2D eigenvalue weighted by atomic mass is 15.2. The summed E-state index contributed by atoms with van der Waals surface area (Å²) in [5.41, 5.74) is 1.19. The van der Waals surface area contributed by atoms with Crippen molar-refractivity contribution in [2.75, 3.05) is 6.54 Å². The number of aromatic nitrogens is 1. The molecule has 1 atom stereocenters. The van der Waals surface area contributed by atoms with Crippen LogP contribution in [-0.4, -0.2) is 22.3 Å². The molecule has 1 fully saturated rings. The lowest BCUT2D eigenvalue weighted by Crippen LogP contribution is -2.27. The van der Waals surface area contributed by atoms with E-state index in [1.807, 2.05) is 12.3 Å². The molecule has 1 aromatic heterocycles. The van der Waals surface area contributed by atoms with Crippen LogP contribution >= 0.6 is 0 Å². The zero-order valence-corrected chi connectivity index (χ0v) is 8.40. The second-order valence-corrected chi connectivity index (χ2v) is 3.71. The van der Waals surface area contributed by atoms with E-state index in [1.165, 1.54) is 5.56 Å². The molecule has 2 rings (SSSR count). The van der Waals surface area contributed by atoms with Crippen molar-refractivity contribution < 1.29 is 0 Å².